The van der Waals surface area contributed by atoms with Crippen LogP contribution in [-0.2, 0) is 22.5 Å². The van der Waals surface area contributed by atoms with Crippen LogP contribution < -0.4 is 0 Å². The van der Waals surface area contributed by atoms with Crippen molar-refractivity contribution in [3.05, 3.63) is 89.7 Å². The summed E-state index contributed by atoms with van der Waals surface area (Å²) in [6.45, 7) is 0.335. The van der Waals surface area contributed by atoms with Crippen molar-refractivity contribution in [3.8, 4) is 11.5 Å². The maximum atomic E-state index is 13.8. The van der Waals surface area contributed by atoms with E-state index in [1.807, 2.05) is 48.5 Å². The second-order valence-corrected chi connectivity index (χ2v) is 7.49. The third kappa shape index (κ3) is 3.36. The van der Waals surface area contributed by atoms with E-state index < -0.39 is 12.0 Å². The normalized spacial score (nSPS) is 15.5. The molecule has 1 unspecified atom stereocenters. The zero-order valence-electron chi connectivity index (χ0n) is 16.9. The Balaban J connectivity index is 1.64. The number of furan rings is 1. The molecule has 3 heterocycles. The molecular weight excluding hydrogens is 392 g/mol. The number of fused-ring (bicyclic) bond motifs is 2. The molecule has 0 saturated heterocycles. The summed E-state index contributed by atoms with van der Waals surface area (Å²) in [4.78, 5) is 32.7. The van der Waals surface area contributed by atoms with E-state index in [4.69, 9.17) is 9.15 Å². The van der Waals surface area contributed by atoms with Gasteiger partial charge in [0.1, 0.15) is 11.7 Å². The number of ether oxygens (including phenoxy) is 1. The summed E-state index contributed by atoms with van der Waals surface area (Å²) in [6.07, 6.45) is 1.99. The Morgan fingerprint density at radius 2 is 1.81 bits per heavy atom. The molecule has 31 heavy (non-hydrogen) atoms. The molecule has 0 radical (unpaired) electrons. The average Bonchev–Trinajstić information content (AvgIpc) is 3.36. The lowest BCUT2D eigenvalue weighted by molar-refractivity contribution is -0.146. The molecule has 2 aromatic carbocycles. The molecule has 0 aliphatic carbocycles. The quantitative estimate of drug-likeness (QED) is 0.471. The molecule has 154 valence electrons. The van der Waals surface area contributed by atoms with Gasteiger partial charge in [0.05, 0.1) is 24.5 Å². The number of hydrogen-bond donors (Lipinski definition) is 0. The number of carbonyl (C=O) groups excluding carboxylic acids is 2. The summed E-state index contributed by atoms with van der Waals surface area (Å²) in [7, 11) is 1.35. The van der Waals surface area contributed by atoms with E-state index >= 15 is 0 Å². The first-order chi connectivity index (χ1) is 15.2. The highest BCUT2D eigenvalue weighted by molar-refractivity contribution is 6.08. The van der Waals surface area contributed by atoms with Crippen LogP contribution in [0.5, 0.6) is 0 Å². The number of nitrogens with zero attached hydrogens (tertiary/aromatic N) is 2. The van der Waals surface area contributed by atoms with E-state index in [9.17, 15) is 9.59 Å². The molecule has 0 fully saturated rings. The molecular formula is C25H20N2O4. The van der Waals surface area contributed by atoms with Crippen LogP contribution >= 0.6 is 0 Å². The lowest BCUT2D eigenvalue weighted by atomic mass is 9.93. The van der Waals surface area contributed by atoms with Gasteiger partial charge in [-0.25, -0.2) is 9.78 Å². The zero-order valence-corrected chi connectivity index (χ0v) is 16.9. The topological polar surface area (TPSA) is 72.6 Å². The summed E-state index contributed by atoms with van der Waals surface area (Å²) in [6, 6.07) is 20.0. The highest BCUT2D eigenvalue weighted by Crippen LogP contribution is 2.30. The lowest BCUT2D eigenvalue weighted by Gasteiger charge is -2.35. The van der Waals surface area contributed by atoms with Crippen molar-refractivity contribution in [1.82, 2.24) is 9.88 Å². The van der Waals surface area contributed by atoms with Crippen LogP contribution in [0.1, 0.15) is 21.5 Å². The Morgan fingerprint density at radius 1 is 1.03 bits per heavy atom. The largest absolute Gasteiger partial charge is 0.467 e. The molecule has 4 aromatic rings. The highest BCUT2D eigenvalue weighted by atomic mass is 16.5. The van der Waals surface area contributed by atoms with Gasteiger partial charge >= 0.3 is 5.97 Å². The molecule has 1 atom stereocenters. The van der Waals surface area contributed by atoms with Gasteiger partial charge in [0.2, 0.25) is 0 Å². The summed E-state index contributed by atoms with van der Waals surface area (Å²) in [5, 5.41) is 0.727. The molecule has 1 aliphatic rings. The second kappa shape index (κ2) is 7.72. The number of amides is 1. The van der Waals surface area contributed by atoms with Crippen LogP contribution in [0.25, 0.3) is 22.4 Å². The number of para-hydroxylation sites is 1. The minimum absolute atomic E-state index is 0.240. The SMILES string of the molecule is COC(=O)C1Cc2ccccc2CN1C(=O)c1cc(-c2ccco2)nc2ccccc12. The van der Waals surface area contributed by atoms with Crippen LogP contribution in [0.4, 0.5) is 0 Å². The fraction of sp³-hybridized carbons (Fsp3) is 0.160. The van der Waals surface area contributed by atoms with E-state index in [2.05, 4.69) is 4.98 Å². The van der Waals surface area contributed by atoms with Crippen LogP contribution in [0.3, 0.4) is 0 Å². The smallest absolute Gasteiger partial charge is 0.328 e. The van der Waals surface area contributed by atoms with Crippen molar-refractivity contribution in [1.29, 1.82) is 0 Å². The minimum Gasteiger partial charge on any atom is -0.467 e. The molecule has 0 bridgehead atoms. The van der Waals surface area contributed by atoms with E-state index in [0.29, 0.717) is 35.5 Å². The van der Waals surface area contributed by atoms with Gasteiger partial charge < -0.3 is 14.1 Å². The van der Waals surface area contributed by atoms with Gasteiger partial charge in [0, 0.05) is 18.4 Å². The maximum absolute atomic E-state index is 13.8. The van der Waals surface area contributed by atoms with Gasteiger partial charge in [-0.3, -0.25) is 4.79 Å². The molecule has 6 nitrogen and oxygen atoms in total. The van der Waals surface area contributed by atoms with E-state index in [0.717, 1.165) is 16.5 Å². The fourth-order valence-corrected chi connectivity index (χ4v) is 4.14. The Morgan fingerprint density at radius 3 is 2.58 bits per heavy atom. The number of rotatable bonds is 3. The van der Waals surface area contributed by atoms with Crippen molar-refractivity contribution >= 4 is 22.8 Å². The molecule has 1 amide bonds. The number of carbonyl (C=O) groups is 2. The van der Waals surface area contributed by atoms with Gasteiger partial charge in [-0.15, -0.1) is 0 Å². The zero-order chi connectivity index (χ0) is 21.4. The second-order valence-electron chi connectivity index (χ2n) is 7.49. The Kier molecular flexibility index (Phi) is 4.75. The third-order valence-electron chi connectivity index (χ3n) is 5.70. The highest BCUT2D eigenvalue weighted by Gasteiger charge is 2.36. The predicted octanol–water partition coefficient (Wildman–Crippen LogP) is 4.23. The van der Waals surface area contributed by atoms with Gasteiger partial charge in [-0.05, 0) is 35.4 Å². The number of methoxy groups -OCH3 is 1. The van der Waals surface area contributed by atoms with Gasteiger partial charge in [0.25, 0.3) is 5.91 Å². The summed E-state index contributed by atoms with van der Waals surface area (Å²) >= 11 is 0. The standard InChI is InChI=1S/C25H20N2O4/c1-30-25(29)22-13-16-7-2-3-8-17(16)15-27(22)24(28)19-14-21(23-11-6-12-31-23)26-20-10-5-4-9-18(19)20/h2-12,14,22H,13,15H2,1H3. The van der Waals surface area contributed by atoms with Gasteiger partial charge in [-0.1, -0.05) is 42.5 Å². The maximum Gasteiger partial charge on any atom is 0.328 e. The first-order valence-corrected chi connectivity index (χ1v) is 10.0. The number of benzene rings is 2. The van der Waals surface area contributed by atoms with Crippen molar-refractivity contribution in [2.75, 3.05) is 7.11 Å². The average molecular weight is 412 g/mol. The van der Waals surface area contributed by atoms with Crippen molar-refractivity contribution in [2.45, 2.75) is 19.0 Å². The molecule has 0 spiro atoms. The predicted molar refractivity (Wildman–Crippen MR) is 115 cm³/mol. The van der Waals surface area contributed by atoms with Crippen molar-refractivity contribution in [3.63, 3.8) is 0 Å². The monoisotopic (exact) mass is 412 g/mol. The minimum atomic E-state index is -0.689. The Labute approximate surface area is 179 Å². The number of hydrogen-bond acceptors (Lipinski definition) is 5. The summed E-state index contributed by atoms with van der Waals surface area (Å²) in [5.41, 5.74) is 3.81. The van der Waals surface area contributed by atoms with Crippen LogP contribution in [0, 0.1) is 0 Å². The Hall–Kier alpha value is -3.93. The van der Waals surface area contributed by atoms with Gasteiger partial charge in [0.15, 0.2) is 5.76 Å². The van der Waals surface area contributed by atoms with Gasteiger partial charge in [-0.2, -0.15) is 0 Å². The van der Waals surface area contributed by atoms with E-state index in [1.165, 1.54) is 7.11 Å². The molecule has 1 aliphatic heterocycles. The van der Waals surface area contributed by atoms with Crippen LogP contribution in [0.2, 0.25) is 0 Å². The van der Waals surface area contributed by atoms with Crippen molar-refractivity contribution in [2.24, 2.45) is 0 Å². The Bertz CT molecular complexity index is 1280. The van der Waals surface area contributed by atoms with Crippen molar-refractivity contribution < 1.29 is 18.7 Å². The molecule has 5 rings (SSSR count). The van der Waals surface area contributed by atoms with Crippen LogP contribution in [0.15, 0.2) is 77.4 Å². The van der Waals surface area contributed by atoms with E-state index in [-0.39, 0.29) is 5.91 Å². The number of pyridine rings is 1. The first kappa shape index (κ1) is 19.1. The fourth-order valence-electron chi connectivity index (χ4n) is 4.14. The molecule has 0 N–H and O–H groups in total. The number of aromatic nitrogens is 1. The third-order valence-corrected chi connectivity index (χ3v) is 5.70. The van der Waals surface area contributed by atoms with E-state index in [1.54, 1.807) is 29.4 Å². The summed E-state index contributed by atoms with van der Waals surface area (Å²) in [5.74, 6) is -0.0860. The summed E-state index contributed by atoms with van der Waals surface area (Å²) < 4.78 is 10.5. The lowest BCUT2D eigenvalue weighted by Crippen LogP contribution is -2.49. The number of esters is 1. The molecule has 0 saturated carbocycles. The molecule has 2 aromatic heterocycles. The molecule has 6 heteroatoms. The first-order valence-electron chi connectivity index (χ1n) is 10.0. The van der Waals surface area contributed by atoms with Crippen LogP contribution in [-0.4, -0.2) is 34.9 Å².